The molecule has 1 N–H and O–H groups in total. The molecule has 0 fully saturated rings. The van der Waals surface area contributed by atoms with Crippen LogP contribution in [0.3, 0.4) is 0 Å². The van der Waals surface area contributed by atoms with E-state index >= 15 is 0 Å². The molecule has 3 rings (SSSR count). The summed E-state index contributed by atoms with van der Waals surface area (Å²) in [5.74, 6) is 0.555. The fraction of sp³-hybridized carbons (Fsp3) is 0.125. The summed E-state index contributed by atoms with van der Waals surface area (Å²) >= 11 is 12.0. The molecule has 0 aliphatic carbocycles. The van der Waals surface area contributed by atoms with Crippen molar-refractivity contribution >= 4 is 34.9 Å². The van der Waals surface area contributed by atoms with Crippen molar-refractivity contribution in [2.75, 3.05) is 5.32 Å². The van der Waals surface area contributed by atoms with Gasteiger partial charge in [-0.15, -0.1) is 5.10 Å². The van der Waals surface area contributed by atoms with Crippen LogP contribution < -0.4 is 5.32 Å². The first-order valence-electron chi connectivity index (χ1n) is 7.21. The van der Waals surface area contributed by atoms with Crippen LogP contribution in [-0.4, -0.2) is 25.7 Å². The van der Waals surface area contributed by atoms with E-state index in [1.54, 1.807) is 36.7 Å². The second-order valence-electron chi connectivity index (χ2n) is 4.93. The number of rotatable bonds is 4. The summed E-state index contributed by atoms with van der Waals surface area (Å²) in [5.41, 5.74) is 1.18. The Balaban J connectivity index is 1.81. The van der Waals surface area contributed by atoms with E-state index in [9.17, 15) is 4.79 Å². The van der Waals surface area contributed by atoms with Crippen molar-refractivity contribution in [3.8, 4) is 5.82 Å². The highest BCUT2D eigenvalue weighted by Crippen LogP contribution is 2.18. The number of aromatic nitrogens is 4. The van der Waals surface area contributed by atoms with Crippen LogP contribution in [0.15, 0.2) is 42.7 Å². The minimum absolute atomic E-state index is 0.283. The van der Waals surface area contributed by atoms with E-state index in [-0.39, 0.29) is 11.1 Å². The zero-order valence-corrected chi connectivity index (χ0v) is 14.2. The molecule has 0 radical (unpaired) electrons. The Kier molecular flexibility index (Phi) is 4.78. The van der Waals surface area contributed by atoms with E-state index in [1.807, 2.05) is 6.92 Å². The van der Waals surface area contributed by atoms with Crippen molar-refractivity contribution in [2.24, 2.45) is 0 Å². The maximum absolute atomic E-state index is 12.4. The molecule has 8 heteroatoms. The predicted octanol–water partition coefficient (Wildman–Crippen LogP) is 3.78. The van der Waals surface area contributed by atoms with Crippen molar-refractivity contribution in [3.05, 3.63) is 64.2 Å². The maximum Gasteiger partial charge on any atom is 0.257 e. The lowest BCUT2D eigenvalue weighted by Crippen LogP contribution is -2.13. The first-order chi connectivity index (χ1) is 11.6. The van der Waals surface area contributed by atoms with Crippen molar-refractivity contribution in [1.29, 1.82) is 0 Å². The lowest BCUT2D eigenvalue weighted by molar-refractivity contribution is 0.102. The number of hydrogen-bond donors (Lipinski definition) is 1. The highest BCUT2D eigenvalue weighted by molar-refractivity contribution is 6.32. The molecule has 0 spiro atoms. The molecule has 0 aliphatic heterocycles. The van der Waals surface area contributed by atoms with Gasteiger partial charge in [0.1, 0.15) is 5.15 Å². The summed E-state index contributed by atoms with van der Waals surface area (Å²) in [6.07, 6.45) is 3.97. The first kappa shape index (κ1) is 16.4. The minimum atomic E-state index is -0.314. The van der Waals surface area contributed by atoms with Crippen molar-refractivity contribution in [1.82, 2.24) is 19.7 Å². The molecular formula is C16H13Cl2N5O. The standard InChI is InChI=1S/C16H13Cl2N5O/c1-2-11-8-10(9-13(18)20-11)16(24)21-14-5-7-23(22-14)15-12(17)4-3-6-19-15/h3-9H,2H2,1H3,(H,21,22,24). The van der Waals surface area contributed by atoms with E-state index in [0.29, 0.717) is 28.6 Å². The Hall–Kier alpha value is -2.44. The number of halogens is 2. The number of amides is 1. The second-order valence-corrected chi connectivity index (χ2v) is 5.73. The molecule has 0 bridgehead atoms. The maximum atomic E-state index is 12.4. The first-order valence-corrected chi connectivity index (χ1v) is 7.97. The van der Waals surface area contributed by atoms with Gasteiger partial charge in [-0.3, -0.25) is 4.79 Å². The highest BCUT2D eigenvalue weighted by atomic mass is 35.5. The molecular weight excluding hydrogens is 349 g/mol. The smallest absolute Gasteiger partial charge is 0.257 e. The third kappa shape index (κ3) is 3.55. The minimum Gasteiger partial charge on any atom is -0.305 e. The van der Waals surface area contributed by atoms with E-state index in [2.05, 4.69) is 20.4 Å². The summed E-state index contributed by atoms with van der Waals surface area (Å²) in [7, 11) is 0. The van der Waals surface area contributed by atoms with Gasteiger partial charge in [-0.25, -0.2) is 14.6 Å². The van der Waals surface area contributed by atoms with Gasteiger partial charge in [0.2, 0.25) is 0 Å². The average Bonchev–Trinajstić information content (AvgIpc) is 3.02. The molecule has 0 saturated heterocycles. The van der Waals surface area contributed by atoms with E-state index in [1.165, 1.54) is 10.7 Å². The van der Waals surface area contributed by atoms with Gasteiger partial charge in [-0.1, -0.05) is 30.1 Å². The Bertz CT molecular complexity index is 894. The van der Waals surface area contributed by atoms with Crippen LogP contribution in [0, 0.1) is 0 Å². The molecule has 3 heterocycles. The molecule has 1 amide bonds. The number of anilines is 1. The lowest BCUT2D eigenvalue weighted by atomic mass is 10.2. The van der Waals surface area contributed by atoms with E-state index < -0.39 is 0 Å². The third-order valence-electron chi connectivity index (χ3n) is 3.26. The second kappa shape index (κ2) is 6.98. The molecule has 0 saturated carbocycles. The third-order valence-corrected chi connectivity index (χ3v) is 3.75. The molecule has 0 atom stereocenters. The van der Waals surface area contributed by atoms with Crippen LogP contribution in [0.2, 0.25) is 10.2 Å². The normalized spacial score (nSPS) is 10.6. The zero-order valence-electron chi connectivity index (χ0n) is 12.7. The number of aryl methyl sites for hydroxylation is 1. The van der Waals surface area contributed by atoms with Gasteiger partial charge >= 0.3 is 0 Å². The molecule has 3 aromatic rings. The Morgan fingerprint density at radius 1 is 1.29 bits per heavy atom. The molecule has 24 heavy (non-hydrogen) atoms. The summed E-state index contributed by atoms with van der Waals surface area (Å²) in [6, 6.07) is 8.33. The number of nitrogens with zero attached hydrogens (tertiary/aromatic N) is 4. The summed E-state index contributed by atoms with van der Waals surface area (Å²) in [5, 5.41) is 7.73. The number of carbonyl (C=O) groups is 1. The highest BCUT2D eigenvalue weighted by Gasteiger charge is 2.12. The lowest BCUT2D eigenvalue weighted by Gasteiger charge is -2.05. The van der Waals surface area contributed by atoms with Crippen LogP contribution in [-0.2, 0) is 6.42 Å². The number of pyridine rings is 2. The molecule has 6 nitrogen and oxygen atoms in total. The summed E-state index contributed by atoms with van der Waals surface area (Å²) in [4.78, 5) is 20.7. The number of carbonyl (C=O) groups excluding carboxylic acids is 1. The molecule has 0 aliphatic rings. The zero-order chi connectivity index (χ0) is 17.1. The van der Waals surface area contributed by atoms with Gasteiger partial charge < -0.3 is 5.32 Å². The van der Waals surface area contributed by atoms with Gasteiger partial charge in [0.05, 0.1) is 5.02 Å². The van der Waals surface area contributed by atoms with Crippen LogP contribution >= 0.6 is 23.2 Å². The van der Waals surface area contributed by atoms with Crippen LogP contribution in [0.4, 0.5) is 5.82 Å². The quantitative estimate of drug-likeness (QED) is 0.717. The van der Waals surface area contributed by atoms with Gasteiger partial charge in [0.15, 0.2) is 11.6 Å². The summed E-state index contributed by atoms with van der Waals surface area (Å²) < 4.78 is 1.49. The SMILES string of the molecule is CCc1cc(C(=O)Nc2ccn(-c3ncccc3Cl)n2)cc(Cl)n1. The number of hydrogen-bond acceptors (Lipinski definition) is 4. The monoisotopic (exact) mass is 361 g/mol. The fourth-order valence-corrected chi connectivity index (χ4v) is 2.54. The van der Waals surface area contributed by atoms with Gasteiger partial charge in [-0.2, -0.15) is 0 Å². The van der Waals surface area contributed by atoms with Crippen LogP contribution in [0.25, 0.3) is 5.82 Å². The molecule has 3 aromatic heterocycles. The molecule has 0 aromatic carbocycles. The van der Waals surface area contributed by atoms with E-state index in [0.717, 1.165) is 5.69 Å². The van der Waals surface area contributed by atoms with Gasteiger partial charge in [0.25, 0.3) is 5.91 Å². The molecule has 122 valence electrons. The predicted molar refractivity (Wildman–Crippen MR) is 92.9 cm³/mol. The van der Waals surface area contributed by atoms with Gasteiger partial charge in [0, 0.05) is 29.7 Å². The molecule has 0 unspecified atom stereocenters. The summed E-state index contributed by atoms with van der Waals surface area (Å²) in [6.45, 7) is 1.94. The van der Waals surface area contributed by atoms with Crippen molar-refractivity contribution < 1.29 is 4.79 Å². The van der Waals surface area contributed by atoms with Crippen molar-refractivity contribution in [2.45, 2.75) is 13.3 Å². The Morgan fingerprint density at radius 2 is 2.12 bits per heavy atom. The van der Waals surface area contributed by atoms with Crippen LogP contribution in [0.5, 0.6) is 0 Å². The van der Waals surface area contributed by atoms with Gasteiger partial charge in [-0.05, 0) is 30.7 Å². The van der Waals surface area contributed by atoms with Crippen LogP contribution in [0.1, 0.15) is 23.0 Å². The largest absolute Gasteiger partial charge is 0.305 e. The Labute approximate surface area is 148 Å². The van der Waals surface area contributed by atoms with Crippen molar-refractivity contribution in [3.63, 3.8) is 0 Å². The topological polar surface area (TPSA) is 72.7 Å². The number of nitrogens with one attached hydrogen (secondary N) is 1. The fourth-order valence-electron chi connectivity index (χ4n) is 2.11. The average molecular weight is 362 g/mol. The Morgan fingerprint density at radius 3 is 2.88 bits per heavy atom. The van der Waals surface area contributed by atoms with E-state index in [4.69, 9.17) is 23.2 Å².